The van der Waals surface area contributed by atoms with Gasteiger partial charge in [-0.05, 0) is 60.7 Å². The van der Waals surface area contributed by atoms with Gasteiger partial charge in [-0.3, -0.25) is 4.79 Å². The van der Waals surface area contributed by atoms with Gasteiger partial charge in [0.05, 0.1) is 18.6 Å². The van der Waals surface area contributed by atoms with Crippen LogP contribution in [0.1, 0.15) is 38.7 Å². The third kappa shape index (κ3) is 8.33. The molecule has 182 valence electrons. The first-order chi connectivity index (χ1) is 15.6. The van der Waals surface area contributed by atoms with Crippen LogP contribution in [0.4, 0.5) is 4.39 Å². The van der Waals surface area contributed by atoms with E-state index in [1.807, 2.05) is 18.2 Å². The number of carbonyl (C=O) groups excluding carboxylic acids is 1. The lowest BCUT2D eigenvalue weighted by atomic mass is 10.1. The third-order valence-corrected chi connectivity index (χ3v) is 6.94. The molecule has 0 radical (unpaired) electrons. The van der Waals surface area contributed by atoms with Gasteiger partial charge in [-0.2, -0.15) is 0 Å². The molecule has 0 bridgehead atoms. The highest BCUT2D eigenvalue weighted by Crippen LogP contribution is 2.28. The van der Waals surface area contributed by atoms with Crippen LogP contribution in [0.5, 0.6) is 11.5 Å². The lowest BCUT2D eigenvalue weighted by Gasteiger charge is -2.17. The highest BCUT2D eigenvalue weighted by atomic mass is 32.2. The molecule has 0 aromatic heterocycles. The molecule has 0 aliphatic carbocycles. The molecule has 9 heteroatoms. The summed E-state index contributed by atoms with van der Waals surface area (Å²) in [6.45, 7) is 5.37. The zero-order valence-electron chi connectivity index (χ0n) is 19.6. The Kier molecular flexibility index (Phi) is 10.1. The van der Waals surface area contributed by atoms with Crippen molar-refractivity contribution < 1.29 is 27.1 Å². The zero-order valence-corrected chi connectivity index (χ0v) is 20.5. The summed E-state index contributed by atoms with van der Waals surface area (Å²) in [5, 5.41) is 2.83. The smallest absolute Gasteiger partial charge is 0.242 e. The van der Waals surface area contributed by atoms with Crippen molar-refractivity contribution in [2.45, 2.75) is 44.6 Å². The van der Waals surface area contributed by atoms with Gasteiger partial charge in [0.2, 0.25) is 15.9 Å². The normalized spacial score (nSPS) is 11.6. The number of carbonyl (C=O) groups is 1. The van der Waals surface area contributed by atoms with E-state index in [0.29, 0.717) is 37.0 Å². The van der Waals surface area contributed by atoms with Crippen molar-refractivity contribution >= 4 is 15.9 Å². The first kappa shape index (κ1) is 26.6. The Labute approximate surface area is 195 Å². The number of benzene rings is 2. The van der Waals surface area contributed by atoms with E-state index in [9.17, 15) is 17.6 Å². The van der Waals surface area contributed by atoms with Crippen molar-refractivity contribution in [1.82, 2.24) is 9.62 Å². The number of nitrogens with one attached hydrogen (secondary N) is 1. The average Bonchev–Trinajstić information content (AvgIpc) is 2.78. The largest absolute Gasteiger partial charge is 0.493 e. The lowest BCUT2D eigenvalue weighted by molar-refractivity contribution is -0.121. The average molecular weight is 481 g/mol. The Morgan fingerprint density at radius 2 is 1.82 bits per heavy atom. The van der Waals surface area contributed by atoms with E-state index in [0.717, 1.165) is 28.4 Å². The van der Waals surface area contributed by atoms with Crippen LogP contribution in [-0.4, -0.2) is 45.9 Å². The predicted octanol–water partition coefficient (Wildman–Crippen LogP) is 3.98. The molecule has 0 heterocycles. The van der Waals surface area contributed by atoms with E-state index < -0.39 is 15.8 Å². The van der Waals surface area contributed by atoms with E-state index in [2.05, 4.69) is 19.2 Å². The molecule has 7 nitrogen and oxygen atoms in total. The van der Waals surface area contributed by atoms with Gasteiger partial charge in [0, 0.05) is 26.6 Å². The second-order valence-corrected chi connectivity index (χ2v) is 10.2. The molecule has 0 atom stereocenters. The summed E-state index contributed by atoms with van der Waals surface area (Å²) in [7, 11) is -0.712. The van der Waals surface area contributed by atoms with Crippen molar-refractivity contribution in [2.24, 2.45) is 5.92 Å². The topological polar surface area (TPSA) is 84.9 Å². The maximum atomic E-state index is 13.0. The summed E-state index contributed by atoms with van der Waals surface area (Å²) in [5.41, 5.74) is 0.868. The van der Waals surface area contributed by atoms with Crippen molar-refractivity contribution in [3.8, 4) is 11.5 Å². The van der Waals surface area contributed by atoms with Crippen LogP contribution in [0.25, 0.3) is 0 Å². The van der Waals surface area contributed by atoms with Crippen LogP contribution in [-0.2, 0) is 21.4 Å². The summed E-state index contributed by atoms with van der Waals surface area (Å²) in [4.78, 5) is 12.2. The SMILES string of the molecule is COc1cc(CNC(=O)CCCN(C)S(=O)(=O)c2ccc(F)cc2)ccc1OCCC(C)C. The number of amides is 1. The summed E-state index contributed by atoms with van der Waals surface area (Å²) >= 11 is 0. The molecule has 0 aliphatic rings. The number of rotatable bonds is 13. The van der Waals surface area contributed by atoms with Crippen molar-refractivity contribution in [3.05, 3.63) is 53.8 Å². The van der Waals surface area contributed by atoms with Gasteiger partial charge >= 0.3 is 0 Å². The Morgan fingerprint density at radius 1 is 1.12 bits per heavy atom. The van der Waals surface area contributed by atoms with Gasteiger partial charge in [-0.15, -0.1) is 0 Å². The number of sulfonamides is 1. The Bertz CT molecular complexity index is 1010. The van der Waals surface area contributed by atoms with Crippen LogP contribution < -0.4 is 14.8 Å². The quantitative estimate of drug-likeness (QED) is 0.469. The minimum Gasteiger partial charge on any atom is -0.493 e. The van der Waals surface area contributed by atoms with Gasteiger partial charge in [-0.1, -0.05) is 19.9 Å². The van der Waals surface area contributed by atoms with Crippen molar-refractivity contribution in [3.63, 3.8) is 0 Å². The molecule has 2 rings (SSSR count). The van der Waals surface area contributed by atoms with Gasteiger partial charge in [0.1, 0.15) is 5.82 Å². The fourth-order valence-electron chi connectivity index (χ4n) is 3.00. The van der Waals surface area contributed by atoms with Crippen LogP contribution in [0, 0.1) is 11.7 Å². The van der Waals surface area contributed by atoms with Crippen LogP contribution >= 0.6 is 0 Å². The molecular weight excluding hydrogens is 447 g/mol. The van der Waals surface area contributed by atoms with Crippen LogP contribution in [0.2, 0.25) is 0 Å². The van der Waals surface area contributed by atoms with E-state index in [4.69, 9.17) is 9.47 Å². The molecule has 0 aliphatic heterocycles. The monoisotopic (exact) mass is 480 g/mol. The molecule has 2 aromatic rings. The van der Waals surface area contributed by atoms with Gasteiger partial charge in [0.15, 0.2) is 11.5 Å². The molecule has 0 saturated carbocycles. The first-order valence-electron chi connectivity index (χ1n) is 10.9. The molecular formula is C24H33FN2O5S. The molecule has 1 N–H and O–H groups in total. The molecule has 0 spiro atoms. The van der Waals surface area contributed by atoms with E-state index in [1.165, 1.54) is 19.2 Å². The molecule has 33 heavy (non-hydrogen) atoms. The zero-order chi connectivity index (χ0) is 24.4. The molecule has 1 amide bonds. The van der Waals surface area contributed by atoms with Crippen molar-refractivity contribution in [1.29, 1.82) is 0 Å². The highest BCUT2D eigenvalue weighted by Gasteiger charge is 2.20. The van der Waals surface area contributed by atoms with Gasteiger partial charge in [0.25, 0.3) is 0 Å². The number of methoxy groups -OCH3 is 1. The second kappa shape index (κ2) is 12.6. The lowest BCUT2D eigenvalue weighted by Crippen LogP contribution is -2.29. The molecule has 0 unspecified atom stereocenters. The summed E-state index contributed by atoms with van der Waals surface area (Å²) in [5.74, 6) is 1.14. The molecule has 0 fully saturated rings. The molecule has 0 saturated heterocycles. The summed E-state index contributed by atoms with van der Waals surface area (Å²) < 4.78 is 50.4. The van der Waals surface area contributed by atoms with Crippen LogP contribution in [0.3, 0.4) is 0 Å². The van der Waals surface area contributed by atoms with Gasteiger partial charge < -0.3 is 14.8 Å². The van der Waals surface area contributed by atoms with Gasteiger partial charge in [-0.25, -0.2) is 17.1 Å². The minimum absolute atomic E-state index is 0.0152. The number of halogens is 1. The highest BCUT2D eigenvalue weighted by molar-refractivity contribution is 7.89. The fraction of sp³-hybridized carbons (Fsp3) is 0.458. The van der Waals surface area contributed by atoms with E-state index in [-0.39, 0.29) is 23.8 Å². The Morgan fingerprint density at radius 3 is 2.45 bits per heavy atom. The molecule has 2 aromatic carbocycles. The number of ether oxygens (including phenoxy) is 2. The number of hydrogen-bond donors (Lipinski definition) is 1. The number of hydrogen-bond acceptors (Lipinski definition) is 5. The summed E-state index contributed by atoms with van der Waals surface area (Å²) in [6.07, 6.45) is 1.48. The first-order valence-corrected chi connectivity index (χ1v) is 12.4. The maximum Gasteiger partial charge on any atom is 0.242 e. The number of nitrogens with zero attached hydrogens (tertiary/aromatic N) is 1. The van der Waals surface area contributed by atoms with E-state index in [1.54, 1.807) is 7.11 Å². The third-order valence-electron chi connectivity index (χ3n) is 5.07. The van der Waals surface area contributed by atoms with Crippen LogP contribution in [0.15, 0.2) is 47.4 Å². The predicted molar refractivity (Wildman–Crippen MR) is 125 cm³/mol. The fourth-order valence-corrected chi connectivity index (χ4v) is 4.21. The summed E-state index contributed by atoms with van der Waals surface area (Å²) in [6, 6.07) is 10.2. The van der Waals surface area contributed by atoms with Crippen molar-refractivity contribution in [2.75, 3.05) is 27.3 Å². The standard InChI is InChI=1S/C24H33FN2O5S/c1-18(2)13-15-32-22-12-7-19(16-23(22)31-4)17-26-24(28)6-5-14-27(3)33(29,30)21-10-8-20(25)9-11-21/h7-12,16,18H,5-6,13-15,17H2,1-4H3,(H,26,28). The maximum absolute atomic E-state index is 13.0. The second-order valence-electron chi connectivity index (χ2n) is 8.18. The Balaban J connectivity index is 1.80. The van der Waals surface area contributed by atoms with E-state index >= 15 is 0 Å². The Hall–Kier alpha value is -2.65. The minimum atomic E-state index is -3.72.